The lowest BCUT2D eigenvalue weighted by molar-refractivity contribution is -0.106. The Morgan fingerprint density at radius 3 is 3.00 bits per heavy atom. The Morgan fingerprint density at radius 2 is 2.18 bits per heavy atom. The van der Waals surface area contributed by atoms with Crippen molar-refractivity contribution in [2.75, 3.05) is 25.1 Å². The summed E-state index contributed by atoms with van der Waals surface area (Å²) in [5, 5.41) is 3.74. The van der Waals surface area contributed by atoms with E-state index in [1.165, 1.54) is 17.7 Å². The van der Waals surface area contributed by atoms with E-state index in [0.29, 0.717) is 18.1 Å². The van der Waals surface area contributed by atoms with Crippen molar-refractivity contribution in [3.8, 4) is 0 Å². The lowest BCUT2D eigenvalue weighted by Crippen LogP contribution is -2.68. The predicted molar refractivity (Wildman–Crippen MR) is 89.4 cm³/mol. The van der Waals surface area contributed by atoms with E-state index >= 15 is 0 Å². The fourth-order valence-electron chi connectivity index (χ4n) is 4.58. The third kappa shape index (κ3) is 1.89. The molecule has 2 aliphatic heterocycles. The summed E-state index contributed by atoms with van der Waals surface area (Å²) < 4.78 is 5.90. The molecule has 1 saturated carbocycles. The summed E-state index contributed by atoms with van der Waals surface area (Å²) in [5.74, 6) is 1.64. The van der Waals surface area contributed by atoms with Gasteiger partial charge in [-0.15, -0.1) is 0 Å². The van der Waals surface area contributed by atoms with Crippen LogP contribution in [-0.4, -0.2) is 38.3 Å². The van der Waals surface area contributed by atoms with E-state index in [2.05, 4.69) is 53.3 Å². The molecule has 22 heavy (non-hydrogen) atoms. The maximum atomic E-state index is 5.90. The van der Waals surface area contributed by atoms with Crippen LogP contribution >= 0.6 is 0 Å². The number of benzene rings is 1. The zero-order chi connectivity index (χ0) is 15.3. The monoisotopic (exact) mass is 299 g/mol. The Bertz CT molecular complexity index is 610. The summed E-state index contributed by atoms with van der Waals surface area (Å²) in [7, 11) is 1.89. The van der Waals surface area contributed by atoms with Crippen LogP contribution in [0.5, 0.6) is 0 Å². The van der Waals surface area contributed by atoms with Gasteiger partial charge in [0.1, 0.15) is 0 Å². The number of anilines is 1. The molecule has 118 valence electrons. The molecule has 3 unspecified atom stereocenters. The molecule has 3 aliphatic rings. The summed E-state index contributed by atoms with van der Waals surface area (Å²) >= 11 is 0. The number of hydrogen-bond acceptors (Lipinski definition) is 2. The third-order valence-corrected chi connectivity index (χ3v) is 5.74. The molecular weight excluding hydrogens is 274 g/mol. The van der Waals surface area contributed by atoms with E-state index in [1.807, 2.05) is 7.05 Å². The number of fused-ring (bicyclic) bond motifs is 2. The largest absolute Gasteiger partial charge is 0.377 e. The number of guanidine groups is 1. The molecule has 1 saturated heterocycles. The highest BCUT2D eigenvalue weighted by Crippen LogP contribution is 2.52. The van der Waals surface area contributed by atoms with E-state index in [1.54, 1.807) is 0 Å². The molecule has 2 fully saturated rings. The summed E-state index contributed by atoms with van der Waals surface area (Å²) in [6.07, 6.45) is 2.67. The van der Waals surface area contributed by atoms with Gasteiger partial charge in [-0.1, -0.05) is 32.0 Å². The van der Waals surface area contributed by atoms with Crippen LogP contribution in [0.2, 0.25) is 0 Å². The van der Waals surface area contributed by atoms with Crippen molar-refractivity contribution in [1.29, 1.82) is 0 Å². The minimum atomic E-state index is 0.177. The van der Waals surface area contributed by atoms with Crippen molar-refractivity contribution in [2.45, 2.75) is 38.8 Å². The Morgan fingerprint density at radius 1 is 1.36 bits per heavy atom. The molecular formula is C18H25N3O. The third-order valence-electron chi connectivity index (χ3n) is 5.74. The second kappa shape index (κ2) is 4.98. The van der Waals surface area contributed by atoms with Gasteiger partial charge in [-0.3, -0.25) is 4.99 Å². The van der Waals surface area contributed by atoms with Crippen molar-refractivity contribution >= 4 is 11.6 Å². The van der Waals surface area contributed by atoms with Gasteiger partial charge in [-0.05, 0) is 24.5 Å². The average Bonchev–Trinajstić information content (AvgIpc) is 3.14. The summed E-state index contributed by atoms with van der Waals surface area (Å²) in [6.45, 7) is 6.53. The highest BCUT2D eigenvalue weighted by molar-refractivity contribution is 5.98. The fraction of sp³-hybridized carbons (Fsp3) is 0.611. The van der Waals surface area contributed by atoms with Crippen LogP contribution in [0.3, 0.4) is 0 Å². The van der Waals surface area contributed by atoms with Crippen LogP contribution in [0.1, 0.15) is 25.8 Å². The second-order valence-corrected chi connectivity index (χ2v) is 7.26. The van der Waals surface area contributed by atoms with Gasteiger partial charge in [0.15, 0.2) is 5.96 Å². The highest BCUT2D eigenvalue weighted by Gasteiger charge is 2.59. The maximum Gasteiger partial charge on any atom is 0.198 e. The summed E-state index contributed by atoms with van der Waals surface area (Å²) in [5.41, 5.74) is 2.89. The smallest absolute Gasteiger partial charge is 0.198 e. The predicted octanol–water partition coefficient (Wildman–Crippen LogP) is 2.44. The van der Waals surface area contributed by atoms with E-state index in [-0.39, 0.29) is 5.41 Å². The molecule has 1 aliphatic carbocycles. The minimum absolute atomic E-state index is 0.177. The first kappa shape index (κ1) is 14.1. The first-order valence-electron chi connectivity index (χ1n) is 8.33. The Balaban J connectivity index is 1.55. The Labute approximate surface area is 132 Å². The van der Waals surface area contributed by atoms with Crippen LogP contribution in [0.15, 0.2) is 29.3 Å². The van der Waals surface area contributed by atoms with Gasteiger partial charge in [0.05, 0.1) is 6.10 Å². The zero-order valence-electron chi connectivity index (χ0n) is 13.7. The van der Waals surface area contributed by atoms with E-state index < -0.39 is 0 Å². The van der Waals surface area contributed by atoms with Crippen molar-refractivity contribution in [3.05, 3.63) is 29.8 Å². The SMILES string of the molecule is CN=C(NC1C2CCOC2C1(C)C)N1CCc2ccccc21. The minimum Gasteiger partial charge on any atom is -0.377 e. The molecule has 1 aromatic rings. The normalized spacial score (nSPS) is 32.4. The lowest BCUT2D eigenvalue weighted by Gasteiger charge is -2.55. The maximum absolute atomic E-state index is 5.90. The second-order valence-electron chi connectivity index (χ2n) is 7.26. The number of rotatable bonds is 1. The lowest BCUT2D eigenvalue weighted by atomic mass is 9.57. The number of hydrogen-bond donors (Lipinski definition) is 1. The Hall–Kier alpha value is -1.55. The quantitative estimate of drug-likeness (QED) is 0.639. The van der Waals surface area contributed by atoms with Crippen LogP contribution in [-0.2, 0) is 11.2 Å². The fourth-order valence-corrected chi connectivity index (χ4v) is 4.58. The molecule has 0 amide bonds. The first-order chi connectivity index (χ1) is 10.6. The van der Waals surface area contributed by atoms with Crippen molar-refractivity contribution in [2.24, 2.45) is 16.3 Å². The number of ether oxygens (including phenoxy) is 1. The molecule has 0 spiro atoms. The molecule has 0 radical (unpaired) electrons. The molecule has 4 heteroatoms. The highest BCUT2D eigenvalue weighted by atomic mass is 16.5. The Kier molecular flexibility index (Phi) is 3.19. The molecule has 0 aromatic heterocycles. The molecule has 1 N–H and O–H groups in total. The number of para-hydroxylation sites is 1. The molecule has 0 bridgehead atoms. The van der Waals surface area contributed by atoms with Crippen molar-refractivity contribution in [3.63, 3.8) is 0 Å². The van der Waals surface area contributed by atoms with E-state index in [9.17, 15) is 0 Å². The molecule has 4 rings (SSSR count). The van der Waals surface area contributed by atoms with E-state index in [0.717, 1.165) is 25.5 Å². The topological polar surface area (TPSA) is 36.9 Å². The van der Waals surface area contributed by atoms with Crippen molar-refractivity contribution < 1.29 is 4.74 Å². The van der Waals surface area contributed by atoms with Gasteiger partial charge in [-0.2, -0.15) is 0 Å². The first-order valence-corrected chi connectivity index (χ1v) is 8.33. The summed E-state index contributed by atoms with van der Waals surface area (Å²) in [4.78, 5) is 6.89. The van der Waals surface area contributed by atoms with Gasteiger partial charge in [0, 0.05) is 43.3 Å². The standard InChI is InChI=1S/C18H25N3O/c1-18(2)15(13-9-11-22-16(13)18)20-17(19-3)21-10-8-12-6-4-5-7-14(12)21/h4-7,13,15-16H,8-11H2,1-3H3,(H,19,20). The average molecular weight is 299 g/mol. The number of nitrogens with one attached hydrogen (secondary N) is 1. The van der Waals surface area contributed by atoms with Gasteiger partial charge in [-0.25, -0.2) is 0 Å². The van der Waals surface area contributed by atoms with Crippen molar-refractivity contribution in [1.82, 2.24) is 5.32 Å². The van der Waals surface area contributed by atoms with Gasteiger partial charge >= 0.3 is 0 Å². The van der Waals surface area contributed by atoms with E-state index in [4.69, 9.17) is 4.74 Å². The van der Waals surface area contributed by atoms with Gasteiger partial charge in [0.2, 0.25) is 0 Å². The molecule has 3 atom stereocenters. The van der Waals surface area contributed by atoms with Gasteiger partial charge in [0.25, 0.3) is 0 Å². The van der Waals surface area contributed by atoms with Gasteiger partial charge < -0.3 is 15.0 Å². The molecule has 4 nitrogen and oxygen atoms in total. The van der Waals surface area contributed by atoms with Crippen LogP contribution in [0, 0.1) is 11.3 Å². The molecule has 2 heterocycles. The van der Waals surface area contributed by atoms with Crippen LogP contribution < -0.4 is 10.2 Å². The zero-order valence-corrected chi connectivity index (χ0v) is 13.7. The van der Waals surface area contributed by atoms with Crippen LogP contribution in [0.4, 0.5) is 5.69 Å². The van der Waals surface area contributed by atoms with Crippen LogP contribution in [0.25, 0.3) is 0 Å². The number of aliphatic imine (C=N–C) groups is 1. The summed E-state index contributed by atoms with van der Waals surface area (Å²) in [6, 6.07) is 9.10. The molecule has 1 aromatic carbocycles. The number of nitrogens with zero attached hydrogens (tertiary/aromatic N) is 2.